The summed E-state index contributed by atoms with van der Waals surface area (Å²) in [6.45, 7) is 0.254. The summed E-state index contributed by atoms with van der Waals surface area (Å²) in [5.41, 5.74) is 12.4. The summed E-state index contributed by atoms with van der Waals surface area (Å²) in [6.07, 6.45) is 7.85. The Kier molecular flexibility index (Phi) is 23.4. The number of ether oxygens (including phenoxy) is 3. The van der Waals surface area contributed by atoms with E-state index in [2.05, 4.69) is 97.2 Å². The second kappa shape index (κ2) is 32.5. The molecule has 10 N–H and O–H groups in total. The number of nitrogens with zero attached hydrogens (tertiary/aromatic N) is 2. The lowest BCUT2D eigenvalue weighted by Crippen LogP contribution is -2.53. The zero-order valence-corrected chi connectivity index (χ0v) is 49.5. The first-order chi connectivity index (χ1) is 43.5. The summed E-state index contributed by atoms with van der Waals surface area (Å²) >= 11 is 0. The van der Waals surface area contributed by atoms with Gasteiger partial charge in [-0.3, -0.25) is 24.0 Å². The van der Waals surface area contributed by atoms with Gasteiger partial charge in [-0.25, -0.2) is 9.97 Å². The Labute approximate surface area is 515 Å². The summed E-state index contributed by atoms with van der Waals surface area (Å²) in [7, 11) is 0. The molecule has 0 unspecified atom stereocenters. The van der Waals surface area contributed by atoms with Crippen LogP contribution in [0.5, 0.6) is 0 Å². The smallest absolute Gasteiger partial charge is 0.251 e. The summed E-state index contributed by atoms with van der Waals surface area (Å²) in [5.74, 6) is -2.29. The number of fused-ring (bicyclic) bond motifs is 8. The van der Waals surface area contributed by atoms with E-state index in [0.717, 1.165) is 83.7 Å². The van der Waals surface area contributed by atoms with Crippen LogP contribution in [0.4, 0.5) is 0 Å². The fourth-order valence-electron chi connectivity index (χ4n) is 10.8. The van der Waals surface area contributed by atoms with Crippen molar-refractivity contribution in [3.63, 3.8) is 0 Å². The maximum absolute atomic E-state index is 14.2. The molecule has 20 nitrogen and oxygen atoms in total. The largest absolute Gasteiger partial charge is 0.394 e. The summed E-state index contributed by atoms with van der Waals surface area (Å²) in [6, 6.07) is 45.8. The van der Waals surface area contributed by atoms with Crippen LogP contribution in [0.1, 0.15) is 71.7 Å². The molecule has 7 aromatic rings. The highest BCUT2D eigenvalue weighted by Gasteiger charge is 2.34. The Bertz CT molecular complexity index is 3660. The second-order valence-corrected chi connectivity index (χ2v) is 21.2. The average molecular weight is 1210 g/mol. The standard InChI is InChI=1S/C69H75N9O11/c79-37-43-87-40-34-70-60(82)28-31-69(32-29-61(83)71-35-41-88-44-38-80,33-30-62(84)72-36-42-89-45-39-81)78-63(85)46-73-68(86)51-18-16-50(17-19-51)67-58-26-24-56(76-58)65(48-12-6-2-7-13-48)54-22-20-52(74-54)64(47-10-4-1-5-11-47)53-21-23-55(75-53)66(49-14-8-3-9-15-49)57-25-27-59(67)77-57/h1-27,74,77,79-81H,28-46H2,(H,70,82)(H,71,83)(H,72,84)(H,73,86)(H,78,85). The summed E-state index contributed by atoms with van der Waals surface area (Å²) < 4.78 is 15.8. The van der Waals surface area contributed by atoms with Crippen LogP contribution in [-0.4, -0.2) is 156 Å². The Morgan fingerprint density at radius 3 is 1.04 bits per heavy atom. The molecule has 0 atom stereocenters. The predicted molar refractivity (Wildman–Crippen MR) is 344 cm³/mol. The minimum atomic E-state index is -1.30. The normalized spacial score (nSPS) is 11.8. The molecule has 0 saturated heterocycles. The number of hydrogen-bond acceptors (Lipinski definition) is 13. The van der Waals surface area contributed by atoms with Crippen molar-refractivity contribution in [2.24, 2.45) is 0 Å². The fourth-order valence-corrected chi connectivity index (χ4v) is 10.8. The number of aromatic nitrogens is 4. The number of hydrogen-bond donors (Lipinski definition) is 10. The van der Waals surface area contributed by atoms with E-state index >= 15 is 0 Å². The van der Waals surface area contributed by atoms with Crippen LogP contribution in [0.2, 0.25) is 0 Å². The van der Waals surface area contributed by atoms with E-state index < -0.39 is 23.9 Å². The van der Waals surface area contributed by atoms with Crippen LogP contribution in [-0.2, 0) is 33.4 Å². The van der Waals surface area contributed by atoms with E-state index in [1.807, 2.05) is 91.0 Å². The van der Waals surface area contributed by atoms with Crippen LogP contribution in [0.15, 0.2) is 140 Å². The molecule has 8 bridgehead atoms. The first-order valence-corrected chi connectivity index (χ1v) is 29.9. The van der Waals surface area contributed by atoms with E-state index in [4.69, 9.17) is 39.5 Å². The molecule has 0 fully saturated rings. The van der Waals surface area contributed by atoms with Gasteiger partial charge in [0.15, 0.2) is 0 Å². The van der Waals surface area contributed by atoms with Crippen molar-refractivity contribution in [2.45, 2.75) is 44.1 Å². The molecule has 0 spiro atoms. The van der Waals surface area contributed by atoms with Gasteiger partial charge < -0.3 is 66.1 Å². The number of H-pyrrole nitrogens is 2. The molecule has 462 valence electrons. The molecule has 2 aliphatic rings. The molecule has 0 saturated carbocycles. The van der Waals surface area contributed by atoms with Gasteiger partial charge in [0.2, 0.25) is 23.6 Å². The lowest BCUT2D eigenvalue weighted by Gasteiger charge is -2.35. The Balaban J connectivity index is 1.03. The maximum Gasteiger partial charge on any atom is 0.251 e. The van der Waals surface area contributed by atoms with Crippen molar-refractivity contribution in [3.8, 4) is 44.5 Å². The van der Waals surface area contributed by atoms with Gasteiger partial charge in [0.1, 0.15) is 0 Å². The highest BCUT2D eigenvalue weighted by atomic mass is 16.5. The molecule has 2 aliphatic heterocycles. The minimum Gasteiger partial charge on any atom is -0.394 e. The molecule has 5 heterocycles. The third-order valence-corrected chi connectivity index (χ3v) is 15.1. The van der Waals surface area contributed by atoms with E-state index in [-0.39, 0.29) is 141 Å². The van der Waals surface area contributed by atoms with Crippen molar-refractivity contribution in [1.29, 1.82) is 0 Å². The summed E-state index contributed by atoms with van der Waals surface area (Å²) in [5, 5.41) is 41.3. The second-order valence-electron chi connectivity index (χ2n) is 21.2. The highest BCUT2D eigenvalue weighted by Crippen LogP contribution is 2.38. The number of aromatic amines is 2. The van der Waals surface area contributed by atoms with Gasteiger partial charge in [-0.1, -0.05) is 103 Å². The average Bonchev–Trinajstić information content (AvgIpc) is 1.82. The molecule has 0 radical (unpaired) electrons. The first kappa shape index (κ1) is 64.1. The Hall–Kier alpha value is -9.41. The predicted octanol–water partition coefficient (Wildman–Crippen LogP) is 7.62. The van der Waals surface area contributed by atoms with Gasteiger partial charge >= 0.3 is 0 Å². The third-order valence-electron chi connectivity index (χ3n) is 15.1. The minimum absolute atomic E-state index is 0.0158. The Morgan fingerprint density at radius 1 is 0.393 bits per heavy atom. The molecule has 4 aromatic carbocycles. The van der Waals surface area contributed by atoms with E-state index in [0.29, 0.717) is 5.69 Å². The third kappa shape index (κ3) is 17.7. The molecule has 0 aliphatic carbocycles. The number of rotatable bonds is 32. The van der Waals surface area contributed by atoms with Gasteiger partial charge in [0, 0.05) is 94.3 Å². The van der Waals surface area contributed by atoms with Gasteiger partial charge in [0.05, 0.1) is 88.8 Å². The zero-order chi connectivity index (χ0) is 62.2. The number of carbonyl (C=O) groups is 5. The number of benzene rings is 4. The lowest BCUT2D eigenvalue weighted by atomic mass is 9.83. The molecular weight excluding hydrogens is 1130 g/mol. The SMILES string of the molecule is O=C(CCC(CCC(=O)NCCOCCO)(CCC(=O)NCCOCCO)NC(=O)CNC(=O)c1ccc(-c2c3nc(c(-c4ccccc4)c4ccc([nH]4)c(-c4ccccc4)c4nc(c(-c5ccccc5)c5ccc2[nH]5)C=C4)C=C3)cc1)NCCOCCO. The Morgan fingerprint density at radius 2 is 0.719 bits per heavy atom. The lowest BCUT2D eigenvalue weighted by molar-refractivity contribution is -0.126. The number of amides is 5. The molecular formula is C69H75N9O11. The quantitative estimate of drug-likeness (QED) is 0.0182. The van der Waals surface area contributed by atoms with Crippen molar-refractivity contribution < 1.29 is 53.5 Å². The monoisotopic (exact) mass is 1210 g/mol. The molecule has 20 heteroatoms. The van der Waals surface area contributed by atoms with Gasteiger partial charge in [-0.15, -0.1) is 0 Å². The van der Waals surface area contributed by atoms with Crippen molar-refractivity contribution >= 4 is 75.9 Å². The molecule has 9 rings (SSSR count). The van der Waals surface area contributed by atoms with Crippen molar-refractivity contribution in [2.75, 3.05) is 85.6 Å². The first-order valence-electron chi connectivity index (χ1n) is 29.9. The van der Waals surface area contributed by atoms with Gasteiger partial charge in [-0.2, -0.15) is 0 Å². The van der Waals surface area contributed by atoms with Gasteiger partial charge in [-0.05, 0) is 102 Å². The topological polar surface area (TPSA) is 291 Å². The molecule has 5 amide bonds. The van der Waals surface area contributed by atoms with E-state index in [9.17, 15) is 24.0 Å². The van der Waals surface area contributed by atoms with Crippen LogP contribution in [0, 0.1) is 0 Å². The van der Waals surface area contributed by atoms with Crippen LogP contribution in [0.3, 0.4) is 0 Å². The van der Waals surface area contributed by atoms with Crippen molar-refractivity contribution in [3.05, 3.63) is 168 Å². The molecule has 3 aromatic heterocycles. The fraction of sp³-hybridized carbons (Fsp3) is 0.290. The summed E-state index contributed by atoms with van der Waals surface area (Å²) in [4.78, 5) is 86.2. The number of aliphatic hydroxyl groups excluding tert-OH is 3. The van der Waals surface area contributed by atoms with Gasteiger partial charge in [0.25, 0.3) is 5.91 Å². The highest BCUT2D eigenvalue weighted by molar-refractivity contribution is 6.01. The van der Waals surface area contributed by atoms with Crippen LogP contribution in [0.25, 0.3) is 90.9 Å². The number of nitrogens with one attached hydrogen (secondary N) is 7. The zero-order valence-electron chi connectivity index (χ0n) is 49.5. The molecule has 89 heavy (non-hydrogen) atoms. The van der Waals surface area contributed by atoms with Crippen LogP contribution >= 0.6 is 0 Å². The number of carbonyl (C=O) groups excluding carboxylic acids is 5. The van der Waals surface area contributed by atoms with Crippen LogP contribution < -0.4 is 26.6 Å². The van der Waals surface area contributed by atoms with E-state index in [1.54, 1.807) is 12.1 Å². The van der Waals surface area contributed by atoms with E-state index in [1.165, 1.54) is 0 Å². The maximum atomic E-state index is 14.2. The van der Waals surface area contributed by atoms with Crippen molar-refractivity contribution in [1.82, 2.24) is 46.5 Å². The number of aliphatic hydroxyl groups is 3.